The van der Waals surface area contributed by atoms with Crippen LogP contribution in [0.25, 0.3) is 20.2 Å². The summed E-state index contributed by atoms with van der Waals surface area (Å²) in [5.41, 5.74) is 0.542. The number of halogens is 1. The number of benzene rings is 2. The van der Waals surface area contributed by atoms with Crippen LogP contribution in [0, 0.1) is 0 Å². The lowest BCUT2D eigenvalue weighted by atomic mass is 10.0. The Morgan fingerprint density at radius 2 is 1.68 bits per heavy atom. The molecule has 2 aromatic carbocycles. The molecule has 1 heterocycles. The van der Waals surface area contributed by atoms with Crippen molar-refractivity contribution in [2.45, 2.75) is 19.0 Å². The van der Waals surface area contributed by atoms with Gasteiger partial charge in [-0.05, 0) is 18.6 Å². The number of aliphatic hydroxyl groups excluding tert-OH is 2. The van der Waals surface area contributed by atoms with Crippen LogP contribution in [0.3, 0.4) is 0 Å². The molecular formula is C17H20ClNO2S. The second-order valence-corrected chi connectivity index (χ2v) is 6.67. The Bertz CT molecular complexity index is 768. The number of nitrogens with one attached hydrogen (secondary N) is 1. The Morgan fingerprint density at radius 3 is 2.41 bits per heavy atom. The van der Waals surface area contributed by atoms with E-state index in [-0.39, 0.29) is 25.6 Å². The van der Waals surface area contributed by atoms with Gasteiger partial charge in [0.1, 0.15) is 0 Å². The van der Waals surface area contributed by atoms with Crippen LogP contribution in [0.15, 0.2) is 42.5 Å². The van der Waals surface area contributed by atoms with E-state index in [9.17, 15) is 10.2 Å². The van der Waals surface area contributed by atoms with Crippen LogP contribution in [0.2, 0.25) is 0 Å². The maximum atomic E-state index is 9.37. The van der Waals surface area contributed by atoms with Crippen molar-refractivity contribution in [3.05, 3.63) is 48.0 Å². The molecule has 1 aromatic heterocycles. The van der Waals surface area contributed by atoms with E-state index in [1.165, 1.54) is 25.7 Å². The number of aliphatic hydroxyl groups is 2. The zero-order valence-electron chi connectivity index (χ0n) is 12.4. The summed E-state index contributed by atoms with van der Waals surface area (Å²) in [5.74, 6) is 0. The Hall–Kier alpha value is -1.17. The summed E-state index contributed by atoms with van der Waals surface area (Å²) in [6, 6.07) is 14.7. The van der Waals surface area contributed by atoms with Gasteiger partial charge in [-0.3, -0.25) is 0 Å². The van der Waals surface area contributed by atoms with Crippen molar-refractivity contribution >= 4 is 43.9 Å². The molecule has 3 rings (SSSR count). The minimum absolute atomic E-state index is 0. The SMILES string of the molecule is CC(CO)(CO)NCc1cccc2c1sc1ccccc12.Cl. The molecule has 0 bridgehead atoms. The van der Waals surface area contributed by atoms with E-state index >= 15 is 0 Å². The van der Waals surface area contributed by atoms with Crippen LogP contribution < -0.4 is 5.32 Å². The van der Waals surface area contributed by atoms with Crippen molar-refractivity contribution in [3.8, 4) is 0 Å². The normalized spacial score (nSPS) is 11.8. The first-order valence-electron chi connectivity index (χ1n) is 7.03. The van der Waals surface area contributed by atoms with E-state index in [1.54, 1.807) is 11.3 Å². The van der Waals surface area contributed by atoms with Crippen LogP contribution in [0.4, 0.5) is 0 Å². The number of hydrogen-bond acceptors (Lipinski definition) is 4. The van der Waals surface area contributed by atoms with Gasteiger partial charge in [-0.2, -0.15) is 0 Å². The quantitative estimate of drug-likeness (QED) is 0.669. The van der Waals surface area contributed by atoms with E-state index in [4.69, 9.17) is 0 Å². The minimum Gasteiger partial charge on any atom is -0.394 e. The molecule has 0 spiro atoms. The maximum Gasteiger partial charge on any atom is 0.0633 e. The van der Waals surface area contributed by atoms with Gasteiger partial charge in [0.05, 0.1) is 18.8 Å². The van der Waals surface area contributed by atoms with Crippen LogP contribution in [0.5, 0.6) is 0 Å². The Balaban J connectivity index is 0.00000176. The van der Waals surface area contributed by atoms with Crippen LogP contribution in [-0.2, 0) is 6.54 Å². The number of rotatable bonds is 5. The summed E-state index contributed by atoms with van der Waals surface area (Å²) in [6.45, 7) is 2.26. The summed E-state index contributed by atoms with van der Waals surface area (Å²) in [7, 11) is 0. The fourth-order valence-corrected chi connectivity index (χ4v) is 3.63. The molecular weight excluding hydrogens is 318 g/mol. The summed E-state index contributed by atoms with van der Waals surface area (Å²) in [4.78, 5) is 0. The summed E-state index contributed by atoms with van der Waals surface area (Å²) < 4.78 is 2.55. The highest BCUT2D eigenvalue weighted by atomic mass is 35.5. The summed E-state index contributed by atoms with van der Waals surface area (Å²) >= 11 is 1.79. The molecule has 0 amide bonds. The van der Waals surface area contributed by atoms with E-state index < -0.39 is 5.54 Å². The zero-order chi connectivity index (χ0) is 14.9. The van der Waals surface area contributed by atoms with Crippen LogP contribution in [0.1, 0.15) is 12.5 Å². The molecule has 0 aliphatic heterocycles. The van der Waals surface area contributed by atoms with Crippen LogP contribution in [-0.4, -0.2) is 29.0 Å². The third-order valence-corrected chi connectivity index (χ3v) is 5.15. The van der Waals surface area contributed by atoms with Gasteiger partial charge >= 0.3 is 0 Å². The smallest absolute Gasteiger partial charge is 0.0633 e. The van der Waals surface area contributed by atoms with Crippen molar-refractivity contribution in [1.29, 1.82) is 0 Å². The molecule has 0 aliphatic rings. The van der Waals surface area contributed by atoms with Gasteiger partial charge in [0, 0.05) is 26.7 Å². The monoisotopic (exact) mass is 337 g/mol. The van der Waals surface area contributed by atoms with Crippen molar-refractivity contribution < 1.29 is 10.2 Å². The Morgan fingerprint density at radius 1 is 1.00 bits per heavy atom. The average molecular weight is 338 g/mol. The lowest BCUT2D eigenvalue weighted by Gasteiger charge is -2.26. The highest BCUT2D eigenvalue weighted by Crippen LogP contribution is 2.35. The molecule has 3 nitrogen and oxygen atoms in total. The molecule has 0 unspecified atom stereocenters. The zero-order valence-corrected chi connectivity index (χ0v) is 14.0. The third-order valence-electron chi connectivity index (χ3n) is 3.89. The lowest BCUT2D eigenvalue weighted by Crippen LogP contribution is -2.48. The van der Waals surface area contributed by atoms with Gasteiger partial charge in [0.2, 0.25) is 0 Å². The lowest BCUT2D eigenvalue weighted by molar-refractivity contribution is 0.103. The van der Waals surface area contributed by atoms with Gasteiger partial charge < -0.3 is 15.5 Å². The van der Waals surface area contributed by atoms with Gasteiger partial charge in [0.25, 0.3) is 0 Å². The Kier molecular flexibility index (Phi) is 5.42. The van der Waals surface area contributed by atoms with Gasteiger partial charge in [0.15, 0.2) is 0 Å². The molecule has 0 saturated heterocycles. The molecule has 3 aromatic rings. The van der Waals surface area contributed by atoms with E-state index in [0.717, 1.165) is 0 Å². The first kappa shape index (κ1) is 17.2. The van der Waals surface area contributed by atoms with Crippen molar-refractivity contribution in [1.82, 2.24) is 5.32 Å². The number of hydrogen-bond donors (Lipinski definition) is 3. The first-order valence-corrected chi connectivity index (χ1v) is 7.84. The van der Waals surface area contributed by atoms with E-state index in [1.807, 2.05) is 6.92 Å². The second-order valence-electron chi connectivity index (χ2n) is 5.62. The molecule has 0 fully saturated rings. The average Bonchev–Trinajstić information content (AvgIpc) is 2.92. The van der Waals surface area contributed by atoms with Crippen molar-refractivity contribution in [2.24, 2.45) is 0 Å². The van der Waals surface area contributed by atoms with E-state index in [2.05, 4.69) is 47.8 Å². The van der Waals surface area contributed by atoms with Gasteiger partial charge in [-0.15, -0.1) is 23.7 Å². The molecule has 0 atom stereocenters. The fourth-order valence-electron chi connectivity index (χ4n) is 2.42. The third kappa shape index (κ3) is 3.12. The standard InChI is InChI=1S/C17H19NO2S.ClH/c1-17(10-19,11-20)18-9-12-5-4-7-14-13-6-2-3-8-15(13)21-16(12)14;/h2-8,18-20H,9-11H2,1H3;1H. The van der Waals surface area contributed by atoms with E-state index in [0.29, 0.717) is 6.54 Å². The van der Waals surface area contributed by atoms with Crippen LogP contribution >= 0.6 is 23.7 Å². The molecule has 22 heavy (non-hydrogen) atoms. The number of fused-ring (bicyclic) bond motifs is 3. The highest BCUT2D eigenvalue weighted by Gasteiger charge is 2.21. The van der Waals surface area contributed by atoms with Gasteiger partial charge in [-0.1, -0.05) is 36.4 Å². The summed E-state index contributed by atoms with van der Waals surface area (Å²) in [5, 5.41) is 24.5. The van der Waals surface area contributed by atoms with Crippen molar-refractivity contribution in [3.63, 3.8) is 0 Å². The molecule has 0 radical (unpaired) electrons. The Labute approximate surface area is 140 Å². The fraction of sp³-hybridized carbons (Fsp3) is 0.294. The summed E-state index contributed by atoms with van der Waals surface area (Å²) in [6.07, 6.45) is 0. The molecule has 0 saturated carbocycles. The maximum absolute atomic E-state index is 9.37. The molecule has 5 heteroatoms. The minimum atomic E-state index is -0.654. The first-order chi connectivity index (χ1) is 10.2. The molecule has 118 valence electrons. The van der Waals surface area contributed by atoms with Crippen molar-refractivity contribution in [2.75, 3.05) is 13.2 Å². The molecule has 0 aliphatic carbocycles. The van der Waals surface area contributed by atoms with Gasteiger partial charge in [-0.25, -0.2) is 0 Å². The second kappa shape index (κ2) is 6.94. The predicted octanol–water partition coefficient (Wildman–Crippen LogP) is 3.31. The number of thiophene rings is 1. The topological polar surface area (TPSA) is 52.5 Å². The highest BCUT2D eigenvalue weighted by molar-refractivity contribution is 7.26. The predicted molar refractivity (Wildman–Crippen MR) is 96.0 cm³/mol. The molecule has 3 N–H and O–H groups in total. The largest absolute Gasteiger partial charge is 0.394 e.